The highest BCUT2D eigenvalue weighted by molar-refractivity contribution is 8.76. The van der Waals surface area contributed by atoms with Gasteiger partial charge in [0.2, 0.25) is 0 Å². The molecule has 6 aliphatic rings. The van der Waals surface area contributed by atoms with E-state index in [1.165, 1.54) is 35.8 Å². The third kappa shape index (κ3) is 14.3. The Hall–Kier alpha value is -9.48. The second-order valence-corrected chi connectivity index (χ2v) is 27.3. The van der Waals surface area contributed by atoms with Crippen LogP contribution in [0.15, 0.2) is 175 Å². The van der Waals surface area contributed by atoms with E-state index >= 15 is 4.79 Å². The van der Waals surface area contributed by atoms with Gasteiger partial charge in [0.1, 0.15) is 24.8 Å². The molecule has 4 amide bonds. The van der Waals surface area contributed by atoms with Crippen LogP contribution < -0.4 is 24.7 Å². The van der Waals surface area contributed by atoms with E-state index < -0.39 is 48.6 Å². The number of aromatic nitrogens is 1. The highest BCUT2D eigenvalue weighted by Gasteiger charge is 2.47. The Morgan fingerprint density at radius 3 is 1.51 bits per heavy atom. The number of hydrogen-bond donors (Lipinski definition) is 1. The quantitative estimate of drug-likeness (QED) is 0.0140. The standard InChI is InChI=1S/C76H78N6O14S2/c1-47-36-63(73-79(28-32-93-73)75(86)95-45-60-54-22-10-6-18-50(54)51-19-7-11-23-55(51)60)81(43-47)71(84)58-40-65(88-3)67(38-49(58)39-70(83)92-34-35-97-98-69-26-14-15-27-78-69)90-30-16-5-17-31-91-68-42-62(77)59(41-66(68)89-4)72(85)82-44-48(2)37-64(82)74-80(29-33-94-74)76(87)96-46-61-56-24-12-8-20-52(56)53-21-9-13-25-57(53)61/h6-15,18-27,38,40-42,60-61,63-64,73-74H,1-2,5,16-17,28-37,39,43-46,77H2,3-4H3/t63-,64-,73?,74?/m0/s1. The third-order valence-electron chi connectivity index (χ3n) is 18.8. The van der Waals surface area contributed by atoms with Crippen molar-refractivity contribution in [1.82, 2.24) is 24.6 Å². The molecular formula is C76H78N6O14S2. The summed E-state index contributed by atoms with van der Waals surface area (Å²) in [5.74, 6) is 0.217. The molecule has 2 aliphatic carbocycles. The highest BCUT2D eigenvalue weighted by Crippen LogP contribution is 2.47. The van der Waals surface area contributed by atoms with Crippen molar-refractivity contribution in [3.63, 3.8) is 0 Å². The minimum atomic E-state index is -0.829. The van der Waals surface area contributed by atoms with E-state index in [4.69, 9.17) is 48.4 Å². The second-order valence-electron chi connectivity index (χ2n) is 24.9. The number of anilines is 1. The number of likely N-dealkylation sites (tertiary alicyclic amines) is 2. The van der Waals surface area contributed by atoms with Gasteiger partial charge < -0.3 is 58.2 Å². The number of esters is 1. The monoisotopic (exact) mass is 1360 g/mol. The summed E-state index contributed by atoms with van der Waals surface area (Å²) in [5.41, 5.74) is 18.1. The number of carbonyl (C=O) groups is 5. The molecule has 98 heavy (non-hydrogen) atoms. The van der Waals surface area contributed by atoms with Gasteiger partial charge in [-0.15, -0.1) is 0 Å². The van der Waals surface area contributed by atoms with Crippen molar-refractivity contribution in [2.45, 2.75) is 79.9 Å². The Morgan fingerprint density at radius 1 is 0.551 bits per heavy atom. The number of nitrogen functional groups attached to an aromatic ring is 1. The number of benzene rings is 6. The molecule has 0 spiro atoms. The molecule has 5 heterocycles. The smallest absolute Gasteiger partial charge is 0.412 e. The fraction of sp³-hybridized carbons (Fsp3) is 0.342. The maximum Gasteiger partial charge on any atom is 0.412 e. The number of nitrogens with zero attached hydrogens (tertiary/aromatic N) is 5. The van der Waals surface area contributed by atoms with Crippen LogP contribution in [0.1, 0.15) is 92.5 Å². The van der Waals surface area contributed by atoms with Gasteiger partial charge in [0, 0.05) is 54.2 Å². The second kappa shape index (κ2) is 30.5. The summed E-state index contributed by atoms with van der Waals surface area (Å²) in [6, 6.07) is 43.6. The van der Waals surface area contributed by atoms with Crippen molar-refractivity contribution in [3.8, 4) is 45.3 Å². The van der Waals surface area contributed by atoms with E-state index in [0.29, 0.717) is 67.2 Å². The number of fused-ring (bicyclic) bond motifs is 6. The molecular weight excluding hydrogens is 1280 g/mol. The summed E-state index contributed by atoms with van der Waals surface area (Å²) in [7, 11) is 5.97. The molecule has 0 saturated carbocycles. The minimum absolute atomic E-state index is 0.115. The average molecular weight is 1360 g/mol. The van der Waals surface area contributed by atoms with Gasteiger partial charge in [0.25, 0.3) is 11.8 Å². The lowest BCUT2D eigenvalue weighted by Crippen LogP contribution is -2.51. The van der Waals surface area contributed by atoms with Gasteiger partial charge in [-0.25, -0.2) is 14.6 Å². The van der Waals surface area contributed by atoms with Crippen molar-refractivity contribution < 1.29 is 66.6 Å². The number of pyridine rings is 1. The third-order valence-corrected chi connectivity index (χ3v) is 21.0. The SMILES string of the molecule is C=C1C[C@@H](C2OCCN2C(=O)OCC2c3ccccc3-c3ccccc32)N(C(=O)c2cc(OC)c(OCCCCCOc3cc(CC(=O)OCCSSc4ccccn4)c(C(=O)N4CC(=C)C[C@H]4C4OCCN4C(=O)OCC4c5ccccc5-c5ccccc54)cc3OC)cc2N)C1. The summed E-state index contributed by atoms with van der Waals surface area (Å²) in [4.78, 5) is 82.3. The molecule has 7 aromatic rings. The molecule has 2 N–H and O–H groups in total. The topological polar surface area (TPSA) is 220 Å². The predicted molar refractivity (Wildman–Crippen MR) is 373 cm³/mol. The van der Waals surface area contributed by atoms with Crippen molar-refractivity contribution >= 4 is 57.2 Å². The van der Waals surface area contributed by atoms with Crippen LogP contribution >= 0.6 is 21.6 Å². The van der Waals surface area contributed by atoms with Crippen LogP contribution in [0, 0.1) is 0 Å². The Balaban J connectivity index is 0.630. The van der Waals surface area contributed by atoms with Crippen LogP contribution in [0.25, 0.3) is 22.3 Å². The summed E-state index contributed by atoms with van der Waals surface area (Å²) in [6.45, 7) is 11.0. The Bertz CT molecular complexity index is 4070. The lowest BCUT2D eigenvalue weighted by atomic mass is 9.98. The number of ether oxygens (including phenoxy) is 9. The summed E-state index contributed by atoms with van der Waals surface area (Å²) >= 11 is 0. The van der Waals surface area contributed by atoms with Gasteiger partial charge in [-0.3, -0.25) is 24.2 Å². The van der Waals surface area contributed by atoms with Gasteiger partial charge >= 0.3 is 18.2 Å². The number of hydrogen-bond acceptors (Lipinski definition) is 18. The first-order valence-corrected chi connectivity index (χ1v) is 35.4. The first-order chi connectivity index (χ1) is 47.8. The fourth-order valence-electron chi connectivity index (χ4n) is 14.2. The summed E-state index contributed by atoms with van der Waals surface area (Å²) < 4.78 is 54.6. The zero-order valence-corrected chi connectivity index (χ0v) is 56.4. The van der Waals surface area contributed by atoms with Crippen LogP contribution in [0.4, 0.5) is 15.3 Å². The molecule has 0 bridgehead atoms. The van der Waals surface area contributed by atoms with Crippen LogP contribution in [0.3, 0.4) is 0 Å². The molecule has 4 atom stereocenters. The molecule has 1 aromatic heterocycles. The molecule has 4 fully saturated rings. The predicted octanol–water partition coefficient (Wildman–Crippen LogP) is 12.6. The van der Waals surface area contributed by atoms with E-state index in [0.717, 1.165) is 60.7 Å². The van der Waals surface area contributed by atoms with Crippen molar-refractivity contribution in [1.29, 1.82) is 0 Å². The van der Waals surface area contributed by atoms with Crippen LogP contribution in [-0.4, -0.2) is 171 Å². The number of nitrogens with two attached hydrogens (primary N) is 1. The molecule has 6 aromatic carbocycles. The lowest BCUT2D eigenvalue weighted by Gasteiger charge is -2.33. The van der Waals surface area contributed by atoms with Crippen LogP contribution in [0.2, 0.25) is 0 Å². The zero-order chi connectivity index (χ0) is 67.8. The van der Waals surface area contributed by atoms with Crippen LogP contribution in [-0.2, 0) is 34.9 Å². The Labute approximate surface area is 577 Å². The van der Waals surface area contributed by atoms with Gasteiger partial charge in [0.15, 0.2) is 35.5 Å². The minimum Gasteiger partial charge on any atom is -0.493 e. The first kappa shape index (κ1) is 67.1. The average Bonchev–Trinajstić information content (AvgIpc) is 1.60. The molecule has 13 rings (SSSR count). The highest BCUT2D eigenvalue weighted by atomic mass is 33.1. The number of rotatable bonds is 25. The van der Waals surface area contributed by atoms with Crippen molar-refractivity contribution in [3.05, 3.63) is 209 Å². The lowest BCUT2D eigenvalue weighted by molar-refractivity contribution is -0.142. The zero-order valence-electron chi connectivity index (χ0n) is 54.8. The largest absolute Gasteiger partial charge is 0.493 e. The van der Waals surface area contributed by atoms with Crippen molar-refractivity contribution in [2.75, 3.05) is 98.1 Å². The molecule has 20 nitrogen and oxygen atoms in total. The van der Waals surface area contributed by atoms with Crippen LogP contribution in [0.5, 0.6) is 23.0 Å². The molecule has 4 saturated heterocycles. The normalized spacial score (nSPS) is 18.5. The summed E-state index contributed by atoms with van der Waals surface area (Å²) in [5, 5.41) is 0.836. The number of carbonyl (C=O) groups excluding carboxylic acids is 5. The van der Waals surface area contributed by atoms with Gasteiger partial charge in [-0.2, -0.15) is 0 Å². The Morgan fingerprint density at radius 2 is 1.02 bits per heavy atom. The van der Waals surface area contributed by atoms with Crippen molar-refractivity contribution in [2.24, 2.45) is 0 Å². The van der Waals surface area contributed by atoms with E-state index in [1.807, 2.05) is 66.7 Å². The first-order valence-electron chi connectivity index (χ1n) is 33.1. The van der Waals surface area contributed by atoms with E-state index in [1.54, 1.807) is 50.1 Å². The molecule has 508 valence electrons. The van der Waals surface area contributed by atoms with Gasteiger partial charge in [-0.1, -0.05) is 138 Å². The maximum absolute atomic E-state index is 15.2. The van der Waals surface area contributed by atoms with Gasteiger partial charge in [0.05, 0.1) is 77.8 Å². The molecule has 4 aliphatic heterocycles. The van der Waals surface area contributed by atoms with E-state index in [9.17, 15) is 19.2 Å². The maximum atomic E-state index is 15.2. The Kier molecular flexibility index (Phi) is 20.9. The van der Waals surface area contributed by atoms with Gasteiger partial charge in [-0.05, 0) is 123 Å². The number of unbranched alkanes of at least 4 members (excludes halogenated alkanes) is 2. The van der Waals surface area contributed by atoms with E-state index in [2.05, 4.69) is 66.7 Å². The molecule has 22 heteroatoms. The number of amides is 4. The summed E-state index contributed by atoms with van der Waals surface area (Å²) in [6.07, 6.45) is 1.49. The fourth-order valence-corrected chi connectivity index (χ4v) is 15.9. The molecule has 2 unspecified atom stereocenters. The van der Waals surface area contributed by atoms with E-state index in [-0.39, 0.29) is 113 Å². The number of methoxy groups -OCH3 is 2. The molecule has 0 radical (unpaired) electrons.